The number of aromatic nitrogens is 3. The average Bonchev–Trinajstić information content (AvgIpc) is 3.21. The summed E-state index contributed by atoms with van der Waals surface area (Å²) in [5, 5.41) is 0. The molecule has 8 aromatic rings. The summed E-state index contributed by atoms with van der Waals surface area (Å²) in [5.74, 6) is 2.26. The Kier molecular flexibility index (Phi) is 7.51. The first kappa shape index (κ1) is 30.3. The molecular weight excluding hydrogens is 630 g/mol. The summed E-state index contributed by atoms with van der Waals surface area (Å²) in [5.41, 5.74) is 8.57. The highest BCUT2D eigenvalue weighted by Crippen LogP contribution is 2.52. The lowest BCUT2D eigenvalue weighted by atomic mass is 9.75. The summed E-state index contributed by atoms with van der Waals surface area (Å²) >= 11 is 0. The molecule has 1 aliphatic rings. The number of rotatable bonds is 6. The van der Waals surface area contributed by atoms with Crippen molar-refractivity contribution in [3.05, 3.63) is 204 Å². The van der Waals surface area contributed by atoms with Gasteiger partial charge in [-0.2, -0.15) is 0 Å². The van der Waals surface area contributed by atoms with Crippen molar-refractivity contribution in [3.8, 4) is 62.2 Å². The van der Waals surface area contributed by atoms with Gasteiger partial charge in [-0.25, -0.2) is 19.3 Å². The largest absolute Gasteiger partial charge is 0.472 e. The molecule has 0 spiro atoms. The van der Waals surface area contributed by atoms with E-state index in [1.807, 2.05) is 115 Å². The molecule has 0 bridgehead atoms. The summed E-state index contributed by atoms with van der Waals surface area (Å²) in [6.45, 7) is 0. The maximum Gasteiger partial charge on any atom is 0.185 e. The van der Waals surface area contributed by atoms with Gasteiger partial charge in [0.25, 0.3) is 0 Å². The molecule has 1 aromatic heterocycles. The monoisotopic (exact) mass is 659 g/mol. The van der Waals surface area contributed by atoms with Crippen molar-refractivity contribution >= 4 is 0 Å². The van der Waals surface area contributed by atoms with Crippen LogP contribution in [0.3, 0.4) is 0 Å². The van der Waals surface area contributed by atoms with E-state index in [1.54, 1.807) is 0 Å². The highest BCUT2D eigenvalue weighted by Gasteiger charge is 2.44. The summed E-state index contributed by atoms with van der Waals surface area (Å²) in [6.07, 6.45) is 0. The fourth-order valence-corrected chi connectivity index (χ4v) is 6.98. The van der Waals surface area contributed by atoms with Crippen LogP contribution >= 0.6 is 0 Å². The lowest BCUT2D eigenvalue weighted by Crippen LogP contribution is -2.38. The third-order valence-corrected chi connectivity index (χ3v) is 9.43. The van der Waals surface area contributed by atoms with Crippen LogP contribution in [0.1, 0.15) is 16.7 Å². The minimum atomic E-state index is -0.994. The van der Waals surface area contributed by atoms with Crippen molar-refractivity contribution in [2.24, 2.45) is 0 Å². The Morgan fingerprint density at radius 1 is 0.392 bits per heavy atom. The highest BCUT2D eigenvalue weighted by molar-refractivity contribution is 5.83. The molecule has 1 unspecified atom stereocenters. The van der Waals surface area contributed by atoms with Gasteiger partial charge in [-0.15, -0.1) is 0 Å². The molecule has 0 saturated heterocycles. The van der Waals surface area contributed by atoms with Crippen LogP contribution in [-0.4, -0.2) is 15.0 Å². The van der Waals surface area contributed by atoms with E-state index in [0.717, 1.165) is 61.4 Å². The van der Waals surface area contributed by atoms with Gasteiger partial charge >= 0.3 is 0 Å². The first-order valence-electron chi connectivity index (χ1n) is 16.9. The standard InChI is InChI=1S/C46H30FN3O/c47-38-26-24-37(25-27-38)46(36-19-8-3-9-20-36)41-22-11-10-21-39(41)40-28-23-34(30-42(40)51-46)33-17-12-18-35(29-33)45-49-43(31-13-4-1-5-14-31)48-44(50-45)32-15-6-2-7-16-32/h1-30H. The minimum Gasteiger partial charge on any atom is -0.472 e. The zero-order valence-electron chi connectivity index (χ0n) is 27.4. The first-order valence-corrected chi connectivity index (χ1v) is 16.9. The van der Waals surface area contributed by atoms with Crippen LogP contribution in [0.4, 0.5) is 4.39 Å². The maximum atomic E-state index is 14.3. The van der Waals surface area contributed by atoms with Crippen LogP contribution in [0, 0.1) is 5.82 Å². The molecule has 1 aliphatic heterocycles. The number of hydrogen-bond acceptors (Lipinski definition) is 4. The van der Waals surface area contributed by atoms with Gasteiger partial charge in [-0.3, -0.25) is 0 Å². The van der Waals surface area contributed by atoms with Crippen LogP contribution in [-0.2, 0) is 5.60 Å². The molecule has 242 valence electrons. The number of benzene rings is 7. The minimum absolute atomic E-state index is 0.293. The van der Waals surface area contributed by atoms with Crippen molar-refractivity contribution in [2.75, 3.05) is 0 Å². The Hall–Kier alpha value is -6.72. The van der Waals surface area contributed by atoms with E-state index < -0.39 is 5.60 Å². The fraction of sp³-hybridized carbons (Fsp3) is 0.0217. The lowest BCUT2D eigenvalue weighted by Gasteiger charge is -2.41. The molecular formula is C46H30FN3O. The van der Waals surface area contributed by atoms with E-state index in [-0.39, 0.29) is 5.82 Å². The molecule has 51 heavy (non-hydrogen) atoms. The topological polar surface area (TPSA) is 47.9 Å². The first-order chi connectivity index (χ1) is 25.2. The summed E-state index contributed by atoms with van der Waals surface area (Å²) in [6, 6.07) is 59.7. The SMILES string of the molecule is Fc1ccc(C2(c3ccccc3)Oc3cc(-c4cccc(-c5nc(-c6ccccc6)nc(-c6ccccc6)n5)c4)ccc3-c3ccccc32)cc1. The molecule has 9 rings (SSSR count). The molecule has 2 heterocycles. The second kappa shape index (κ2) is 12.6. The second-order valence-electron chi connectivity index (χ2n) is 12.5. The van der Waals surface area contributed by atoms with Crippen molar-refractivity contribution in [1.82, 2.24) is 15.0 Å². The molecule has 0 N–H and O–H groups in total. The van der Waals surface area contributed by atoms with E-state index in [0.29, 0.717) is 17.5 Å². The Bertz CT molecular complexity index is 2450. The van der Waals surface area contributed by atoms with E-state index in [2.05, 4.69) is 54.6 Å². The summed E-state index contributed by atoms with van der Waals surface area (Å²) in [7, 11) is 0. The molecule has 0 saturated carbocycles. The fourth-order valence-electron chi connectivity index (χ4n) is 6.98. The van der Waals surface area contributed by atoms with Crippen molar-refractivity contribution in [2.45, 2.75) is 5.60 Å². The maximum absolute atomic E-state index is 14.3. The van der Waals surface area contributed by atoms with E-state index in [1.165, 1.54) is 12.1 Å². The van der Waals surface area contributed by atoms with Crippen molar-refractivity contribution in [3.63, 3.8) is 0 Å². The number of nitrogens with zero attached hydrogens (tertiary/aromatic N) is 3. The Morgan fingerprint density at radius 3 is 1.57 bits per heavy atom. The molecule has 0 fully saturated rings. The Balaban J connectivity index is 1.18. The number of fused-ring (bicyclic) bond motifs is 3. The zero-order valence-corrected chi connectivity index (χ0v) is 27.4. The summed E-state index contributed by atoms with van der Waals surface area (Å²) in [4.78, 5) is 14.8. The predicted molar refractivity (Wildman–Crippen MR) is 200 cm³/mol. The van der Waals surface area contributed by atoms with Crippen LogP contribution in [0.5, 0.6) is 5.75 Å². The molecule has 0 radical (unpaired) electrons. The lowest BCUT2D eigenvalue weighted by molar-refractivity contribution is 0.152. The van der Waals surface area contributed by atoms with Gasteiger partial charge in [-0.1, -0.05) is 158 Å². The summed E-state index contributed by atoms with van der Waals surface area (Å²) < 4.78 is 21.5. The van der Waals surface area contributed by atoms with Gasteiger partial charge in [-0.05, 0) is 41.0 Å². The van der Waals surface area contributed by atoms with Gasteiger partial charge in [0.2, 0.25) is 0 Å². The second-order valence-corrected chi connectivity index (χ2v) is 12.5. The molecule has 4 nitrogen and oxygen atoms in total. The van der Waals surface area contributed by atoms with Gasteiger partial charge < -0.3 is 4.74 Å². The average molecular weight is 660 g/mol. The molecule has 5 heteroatoms. The quantitative estimate of drug-likeness (QED) is 0.178. The van der Waals surface area contributed by atoms with Gasteiger partial charge in [0, 0.05) is 38.9 Å². The van der Waals surface area contributed by atoms with Gasteiger partial charge in [0.1, 0.15) is 11.6 Å². The molecule has 7 aromatic carbocycles. The van der Waals surface area contributed by atoms with Crippen molar-refractivity contribution < 1.29 is 9.13 Å². The van der Waals surface area contributed by atoms with Crippen molar-refractivity contribution in [1.29, 1.82) is 0 Å². The smallest absolute Gasteiger partial charge is 0.185 e. The number of hydrogen-bond donors (Lipinski definition) is 0. The van der Waals surface area contributed by atoms with Gasteiger partial charge in [0.15, 0.2) is 23.1 Å². The zero-order chi connectivity index (χ0) is 34.2. The van der Waals surface area contributed by atoms with Crippen LogP contribution in [0.2, 0.25) is 0 Å². The van der Waals surface area contributed by atoms with Crippen LogP contribution in [0.25, 0.3) is 56.4 Å². The number of ether oxygens (including phenoxy) is 1. The van der Waals surface area contributed by atoms with E-state index in [4.69, 9.17) is 19.7 Å². The van der Waals surface area contributed by atoms with Crippen LogP contribution in [0.15, 0.2) is 182 Å². The van der Waals surface area contributed by atoms with E-state index >= 15 is 0 Å². The molecule has 1 atom stereocenters. The van der Waals surface area contributed by atoms with Crippen LogP contribution < -0.4 is 4.74 Å². The number of halogens is 1. The van der Waals surface area contributed by atoms with E-state index in [9.17, 15) is 4.39 Å². The molecule has 0 aliphatic carbocycles. The normalized spacial score (nSPS) is 14.6. The Morgan fingerprint density at radius 2 is 0.902 bits per heavy atom. The molecule has 0 amide bonds. The highest BCUT2D eigenvalue weighted by atomic mass is 19.1. The predicted octanol–water partition coefficient (Wildman–Crippen LogP) is 11.0. The third-order valence-electron chi connectivity index (χ3n) is 9.43. The Labute approximate surface area is 295 Å². The van der Waals surface area contributed by atoms with Gasteiger partial charge in [0.05, 0.1) is 0 Å². The third kappa shape index (κ3) is 5.45.